The Morgan fingerprint density at radius 3 is 2.83 bits per heavy atom. The summed E-state index contributed by atoms with van der Waals surface area (Å²) in [4.78, 5) is 12.2. The summed E-state index contributed by atoms with van der Waals surface area (Å²) >= 11 is 0. The molecule has 0 bridgehead atoms. The van der Waals surface area contributed by atoms with Crippen LogP contribution in [-0.2, 0) is 0 Å². The van der Waals surface area contributed by atoms with Gasteiger partial charge in [0.25, 0.3) is 5.91 Å². The zero-order chi connectivity index (χ0) is 13.1. The minimum Gasteiger partial charge on any atom is -0.398 e. The molecular formula is C14H20N2O2. The predicted molar refractivity (Wildman–Crippen MR) is 71.3 cm³/mol. The molecule has 0 unspecified atom stereocenters. The first kappa shape index (κ1) is 12.9. The van der Waals surface area contributed by atoms with Gasteiger partial charge in [0.15, 0.2) is 0 Å². The quantitative estimate of drug-likeness (QED) is 0.696. The fourth-order valence-electron chi connectivity index (χ4n) is 2.43. The van der Waals surface area contributed by atoms with E-state index in [4.69, 9.17) is 5.73 Å². The molecule has 2 atom stereocenters. The van der Waals surface area contributed by atoms with Crippen molar-refractivity contribution in [3.05, 3.63) is 29.3 Å². The SMILES string of the molecule is Cc1c(N)cccc1C(=O)N[C@H]1CCCC[C@@H]1O. The number of nitrogen functional groups attached to an aromatic ring is 1. The summed E-state index contributed by atoms with van der Waals surface area (Å²) in [5.74, 6) is -0.147. The number of nitrogens with two attached hydrogens (primary N) is 1. The number of carbonyl (C=O) groups excluding carboxylic acids is 1. The van der Waals surface area contributed by atoms with Gasteiger partial charge in [-0.15, -0.1) is 0 Å². The highest BCUT2D eigenvalue weighted by Gasteiger charge is 2.25. The van der Waals surface area contributed by atoms with Gasteiger partial charge in [-0.3, -0.25) is 4.79 Å². The lowest BCUT2D eigenvalue weighted by molar-refractivity contribution is 0.0717. The molecule has 1 fully saturated rings. The molecule has 1 aliphatic carbocycles. The average molecular weight is 248 g/mol. The number of aliphatic hydroxyl groups excluding tert-OH is 1. The van der Waals surface area contributed by atoms with Crippen LogP contribution < -0.4 is 11.1 Å². The maximum absolute atomic E-state index is 12.2. The zero-order valence-electron chi connectivity index (χ0n) is 10.6. The third-order valence-corrected chi connectivity index (χ3v) is 3.67. The van der Waals surface area contributed by atoms with Crippen molar-refractivity contribution in [2.75, 3.05) is 5.73 Å². The Balaban J connectivity index is 2.09. The molecule has 0 radical (unpaired) electrons. The molecule has 0 heterocycles. The van der Waals surface area contributed by atoms with Crippen LogP contribution in [0.2, 0.25) is 0 Å². The van der Waals surface area contributed by atoms with Gasteiger partial charge < -0.3 is 16.2 Å². The van der Waals surface area contributed by atoms with Crippen molar-refractivity contribution in [3.8, 4) is 0 Å². The number of amides is 1. The van der Waals surface area contributed by atoms with Crippen LogP contribution in [0.15, 0.2) is 18.2 Å². The summed E-state index contributed by atoms with van der Waals surface area (Å²) in [6, 6.07) is 5.18. The Morgan fingerprint density at radius 2 is 2.11 bits per heavy atom. The topological polar surface area (TPSA) is 75.4 Å². The second-order valence-electron chi connectivity index (χ2n) is 4.95. The van der Waals surface area contributed by atoms with E-state index in [9.17, 15) is 9.90 Å². The predicted octanol–water partition coefficient (Wildman–Crippen LogP) is 1.61. The van der Waals surface area contributed by atoms with Crippen molar-refractivity contribution < 1.29 is 9.90 Å². The van der Waals surface area contributed by atoms with E-state index >= 15 is 0 Å². The monoisotopic (exact) mass is 248 g/mol. The van der Waals surface area contributed by atoms with Crippen molar-refractivity contribution in [1.82, 2.24) is 5.32 Å². The first-order valence-electron chi connectivity index (χ1n) is 6.43. The highest BCUT2D eigenvalue weighted by Crippen LogP contribution is 2.20. The van der Waals surface area contributed by atoms with Crippen molar-refractivity contribution >= 4 is 11.6 Å². The molecule has 1 aliphatic rings. The summed E-state index contributed by atoms with van der Waals surface area (Å²) in [6.07, 6.45) is 3.27. The van der Waals surface area contributed by atoms with Gasteiger partial charge in [0.05, 0.1) is 12.1 Å². The lowest BCUT2D eigenvalue weighted by Gasteiger charge is -2.28. The molecule has 0 aromatic heterocycles. The number of aliphatic hydroxyl groups is 1. The molecule has 18 heavy (non-hydrogen) atoms. The largest absolute Gasteiger partial charge is 0.398 e. The molecule has 4 heteroatoms. The van der Waals surface area contributed by atoms with Crippen molar-refractivity contribution in [1.29, 1.82) is 0 Å². The van der Waals surface area contributed by atoms with Crippen molar-refractivity contribution in [3.63, 3.8) is 0 Å². The fourth-order valence-corrected chi connectivity index (χ4v) is 2.43. The van der Waals surface area contributed by atoms with Crippen LogP contribution in [-0.4, -0.2) is 23.2 Å². The van der Waals surface area contributed by atoms with Gasteiger partial charge in [-0.2, -0.15) is 0 Å². The normalized spacial score (nSPS) is 23.7. The molecule has 0 saturated heterocycles. The van der Waals surface area contributed by atoms with Gasteiger partial charge in [0, 0.05) is 11.3 Å². The third-order valence-electron chi connectivity index (χ3n) is 3.67. The maximum Gasteiger partial charge on any atom is 0.251 e. The molecule has 1 aromatic rings. The molecule has 2 rings (SSSR count). The summed E-state index contributed by atoms with van der Waals surface area (Å²) < 4.78 is 0. The van der Waals surface area contributed by atoms with E-state index in [0.29, 0.717) is 11.3 Å². The molecule has 1 amide bonds. The fraction of sp³-hybridized carbons (Fsp3) is 0.500. The van der Waals surface area contributed by atoms with Gasteiger partial charge in [0.2, 0.25) is 0 Å². The molecule has 4 N–H and O–H groups in total. The van der Waals surface area contributed by atoms with Crippen LogP contribution in [0.5, 0.6) is 0 Å². The molecule has 98 valence electrons. The summed E-state index contributed by atoms with van der Waals surface area (Å²) in [5, 5.41) is 12.8. The van der Waals surface area contributed by atoms with Crippen LogP contribution in [0.4, 0.5) is 5.69 Å². The molecule has 0 spiro atoms. The standard InChI is InChI=1S/C14H20N2O2/c1-9-10(5-4-6-11(9)15)14(18)16-12-7-2-3-8-13(12)17/h4-6,12-13,17H,2-3,7-8,15H2,1H3,(H,16,18)/t12-,13-/m0/s1. The molecule has 1 aromatic carbocycles. The van der Waals surface area contributed by atoms with Crippen LogP contribution in [0.1, 0.15) is 41.6 Å². The Hall–Kier alpha value is -1.55. The van der Waals surface area contributed by atoms with Gasteiger partial charge in [-0.25, -0.2) is 0 Å². The Labute approximate surface area is 107 Å². The second-order valence-corrected chi connectivity index (χ2v) is 4.95. The number of hydrogen-bond donors (Lipinski definition) is 3. The minimum atomic E-state index is -0.427. The molecular weight excluding hydrogens is 228 g/mol. The van der Waals surface area contributed by atoms with Gasteiger partial charge >= 0.3 is 0 Å². The van der Waals surface area contributed by atoms with Crippen LogP contribution >= 0.6 is 0 Å². The summed E-state index contributed by atoms with van der Waals surface area (Å²) in [7, 11) is 0. The van der Waals surface area contributed by atoms with Crippen LogP contribution in [0.3, 0.4) is 0 Å². The highest BCUT2D eigenvalue weighted by molar-refractivity contribution is 5.97. The van der Waals surface area contributed by atoms with Crippen molar-refractivity contribution in [2.45, 2.75) is 44.8 Å². The maximum atomic E-state index is 12.2. The van der Waals surface area contributed by atoms with E-state index < -0.39 is 6.10 Å². The van der Waals surface area contributed by atoms with Gasteiger partial charge in [-0.1, -0.05) is 18.9 Å². The number of nitrogens with one attached hydrogen (secondary N) is 1. The molecule has 1 saturated carbocycles. The molecule has 4 nitrogen and oxygen atoms in total. The van der Waals surface area contributed by atoms with Gasteiger partial charge in [0.1, 0.15) is 0 Å². The number of anilines is 1. The van der Waals surface area contributed by atoms with Crippen LogP contribution in [0.25, 0.3) is 0 Å². The number of hydrogen-bond acceptors (Lipinski definition) is 3. The lowest BCUT2D eigenvalue weighted by Crippen LogP contribution is -2.45. The van der Waals surface area contributed by atoms with Gasteiger partial charge in [-0.05, 0) is 37.5 Å². The Morgan fingerprint density at radius 1 is 1.39 bits per heavy atom. The Bertz CT molecular complexity index is 445. The van der Waals surface area contributed by atoms with E-state index in [2.05, 4.69) is 5.32 Å². The first-order valence-corrected chi connectivity index (χ1v) is 6.43. The van der Waals surface area contributed by atoms with Crippen molar-refractivity contribution in [2.24, 2.45) is 0 Å². The lowest BCUT2D eigenvalue weighted by atomic mass is 9.92. The smallest absolute Gasteiger partial charge is 0.251 e. The number of benzene rings is 1. The van der Waals surface area contributed by atoms with E-state index in [-0.39, 0.29) is 11.9 Å². The Kier molecular flexibility index (Phi) is 3.87. The zero-order valence-corrected chi connectivity index (χ0v) is 10.6. The minimum absolute atomic E-state index is 0.132. The van der Waals surface area contributed by atoms with E-state index in [0.717, 1.165) is 31.2 Å². The highest BCUT2D eigenvalue weighted by atomic mass is 16.3. The summed E-state index contributed by atoms with van der Waals surface area (Å²) in [5.41, 5.74) is 7.79. The van der Waals surface area contributed by atoms with E-state index in [1.54, 1.807) is 18.2 Å². The molecule has 0 aliphatic heterocycles. The summed E-state index contributed by atoms with van der Waals surface area (Å²) in [6.45, 7) is 1.83. The number of carbonyl (C=O) groups is 1. The average Bonchev–Trinajstić information content (AvgIpc) is 2.35. The third kappa shape index (κ3) is 2.64. The van der Waals surface area contributed by atoms with E-state index in [1.807, 2.05) is 6.92 Å². The number of rotatable bonds is 2. The van der Waals surface area contributed by atoms with E-state index in [1.165, 1.54) is 0 Å². The first-order chi connectivity index (χ1) is 8.59. The second kappa shape index (κ2) is 5.40. The van der Waals surface area contributed by atoms with Crippen LogP contribution in [0, 0.1) is 6.92 Å².